The summed E-state index contributed by atoms with van der Waals surface area (Å²) in [5.74, 6) is 0.800. The van der Waals surface area contributed by atoms with E-state index in [1.165, 1.54) is 5.56 Å². The number of benzene rings is 1. The van der Waals surface area contributed by atoms with Crippen LogP contribution in [0.5, 0.6) is 0 Å². The molecule has 0 spiro atoms. The molecule has 2 atom stereocenters. The second kappa shape index (κ2) is 6.89. The lowest BCUT2D eigenvalue weighted by molar-refractivity contribution is 0.0102. The monoisotopic (exact) mass is 354 g/mol. The van der Waals surface area contributed by atoms with E-state index >= 15 is 0 Å². The molecule has 2 aromatic rings. The Labute approximate surface area is 154 Å². The van der Waals surface area contributed by atoms with Crippen molar-refractivity contribution in [1.29, 1.82) is 0 Å². The van der Waals surface area contributed by atoms with Gasteiger partial charge in [0.1, 0.15) is 0 Å². The van der Waals surface area contributed by atoms with Gasteiger partial charge >= 0.3 is 0 Å². The maximum atomic E-state index is 12.8. The number of amides is 1. The second-order valence-corrected chi connectivity index (χ2v) is 7.82. The zero-order chi connectivity index (χ0) is 18.1. The summed E-state index contributed by atoms with van der Waals surface area (Å²) in [4.78, 5) is 17.1. The minimum atomic E-state index is -0.233. The number of hydrogen-bond donors (Lipinski definition) is 1. The van der Waals surface area contributed by atoms with Crippen molar-refractivity contribution in [2.24, 2.45) is 11.3 Å². The van der Waals surface area contributed by atoms with Crippen LogP contribution in [0.25, 0.3) is 0 Å². The molecule has 26 heavy (non-hydrogen) atoms. The molecule has 5 nitrogen and oxygen atoms in total. The lowest BCUT2D eigenvalue weighted by atomic mass is 9.74. The van der Waals surface area contributed by atoms with Crippen LogP contribution in [0, 0.1) is 18.3 Å². The molecule has 1 N–H and O–H groups in total. The van der Waals surface area contributed by atoms with Crippen molar-refractivity contribution in [1.82, 2.24) is 9.80 Å². The van der Waals surface area contributed by atoms with Gasteiger partial charge in [-0.2, -0.15) is 0 Å². The first-order valence-electron chi connectivity index (χ1n) is 9.32. The molecule has 138 valence electrons. The minimum absolute atomic E-state index is 0.0553. The van der Waals surface area contributed by atoms with Gasteiger partial charge in [-0.3, -0.25) is 9.69 Å². The molecule has 4 rings (SSSR count). The summed E-state index contributed by atoms with van der Waals surface area (Å²) in [5, 5.41) is 10.2. The molecule has 2 aliphatic rings. The molecule has 1 aromatic carbocycles. The molecule has 0 unspecified atom stereocenters. The van der Waals surface area contributed by atoms with E-state index in [1.54, 1.807) is 6.26 Å². The standard InChI is InChI=1S/C21H26N2O3/c1-16-8-10-26-19(16)20(25)23-9-7-18-12-22(13-21(18,14-23)15-24)11-17-5-3-2-4-6-17/h2-6,8,10,18,24H,7,9,11-15H2,1H3/t18-,21-/m0/s1. The number of aliphatic hydroxyl groups is 1. The zero-order valence-corrected chi connectivity index (χ0v) is 15.2. The van der Waals surface area contributed by atoms with Crippen LogP contribution in [0.2, 0.25) is 0 Å². The van der Waals surface area contributed by atoms with Crippen LogP contribution in [-0.2, 0) is 6.54 Å². The van der Waals surface area contributed by atoms with Crippen LogP contribution in [0.3, 0.4) is 0 Å². The van der Waals surface area contributed by atoms with E-state index < -0.39 is 0 Å². The number of aliphatic hydroxyl groups excluding tert-OH is 1. The Morgan fingerprint density at radius 3 is 2.77 bits per heavy atom. The number of aryl methyl sites for hydroxylation is 1. The Morgan fingerprint density at radius 2 is 2.08 bits per heavy atom. The maximum absolute atomic E-state index is 12.8. The number of furan rings is 1. The lowest BCUT2D eigenvalue weighted by Gasteiger charge is -2.43. The summed E-state index contributed by atoms with van der Waals surface area (Å²) in [6, 6.07) is 12.3. The molecular weight excluding hydrogens is 328 g/mol. The summed E-state index contributed by atoms with van der Waals surface area (Å²) in [7, 11) is 0. The quantitative estimate of drug-likeness (QED) is 0.917. The Bertz CT molecular complexity index is 773. The third kappa shape index (κ3) is 3.06. The van der Waals surface area contributed by atoms with Gasteiger partial charge in [0.25, 0.3) is 5.91 Å². The van der Waals surface area contributed by atoms with Crippen LogP contribution in [0.15, 0.2) is 47.1 Å². The van der Waals surface area contributed by atoms with E-state index in [0.717, 1.165) is 38.2 Å². The fourth-order valence-electron chi connectivity index (χ4n) is 4.59. The Balaban J connectivity index is 1.49. The van der Waals surface area contributed by atoms with Crippen LogP contribution >= 0.6 is 0 Å². The van der Waals surface area contributed by atoms with Crippen molar-refractivity contribution in [2.45, 2.75) is 19.9 Å². The highest BCUT2D eigenvalue weighted by Crippen LogP contribution is 2.42. The van der Waals surface area contributed by atoms with E-state index in [1.807, 2.05) is 24.0 Å². The van der Waals surface area contributed by atoms with Gasteiger partial charge < -0.3 is 14.4 Å². The first-order chi connectivity index (χ1) is 12.6. The van der Waals surface area contributed by atoms with E-state index in [9.17, 15) is 9.90 Å². The summed E-state index contributed by atoms with van der Waals surface area (Å²) in [5.41, 5.74) is 1.93. The van der Waals surface area contributed by atoms with Crippen molar-refractivity contribution in [3.05, 3.63) is 59.5 Å². The minimum Gasteiger partial charge on any atom is -0.459 e. The van der Waals surface area contributed by atoms with Gasteiger partial charge in [-0.1, -0.05) is 30.3 Å². The summed E-state index contributed by atoms with van der Waals surface area (Å²) < 4.78 is 5.39. The summed E-state index contributed by atoms with van der Waals surface area (Å²) in [6.07, 6.45) is 2.49. The molecule has 1 aromatic heterocycles. The fraction of sp³-hybridized carbons (Fsp3) is 0.476. The van der Waals surface area contributed by atoms with Gasteiger partial charge in [0, 0.05) is 43.7 Å². The molecule has 0 bridgehead atoms. The lowest BCUT2D eigenvalue weighted by Crippen LogP contribution is -2.52. The Morgan fingerprint density at radius 1 is 1.27 bits per heavy atom. The van der Waals surface area contributed by atoms with E-state index in [-0.39, 0.29) is 17.9 Å². The first-order valence-corrected chi connectivity index (χ1v) is 9.32. The molecular formula is C21H26N2O3. The van der Waals surface area contributed by atoms with Crippen LogP contribution in [0.1, 0.15) is 28.1 Å². The third-order valence-electron chi connectivity index (χ3n) is 6.04. The molecule has 0 radical (unpaired) electrons. The highest BCUT2D eigenvalue weighted by molar-refractivity contribution is 5.93. The average Bonchev–Trinajstić information content (AvgIpc) is 3.24. The predicted molar refractivity (Wildman–Crippen MR) is 98.7 cm³/mol. The molecule has 3 heterocycles. The number of piperidine rings is 1. The van der Waals surface area contributed by atoms with Crippen molar-refractivity contribution >= 4 is 5.91 Å². The van der Waals surface area contributed by atoms with Gasteiger partial charge in [-0.05, 0) is 30.9 Å². The van der Waals surface area contributed by atoms with Crippen LogP contribution < -0.4 is 0 Å². The number of carbonyl (C=O) groups is 1. The largest absolute Gasteiger partial charge is 0.459 e. The zero-order valence-electron chi connectivity index (χ0n) is 15.2. The van der Waals surface area contributed by atoms with Crippen LogP contribution in [0.4, 0.5) is 0 Å². The van der Waals surface area contributed by atoms with Gasteiger partial charge in [-0.25, -0.2) is 0 Å². The number of carbonyl (C=O) groups excluding carboxylic acids is 1. The highest BCUT2D eigenvalue weighted by atomic mass is 16.3. The average molecular weight is 354 g/mol. The molecule has 1 amide bonds. The van der Waals surface area contributed by atoms with Crippen molar-refractivity contribution in [3.8, 4) is 0 Å². The highest BCUT2D eigenvalue weighted by Gasteiger charge is 2.50. The van der Waals surface area contributed by atoms with Crippen LogP contribution in [-0.4, -0.2) is 53.6 Å². The first kappa shape index (κ1) is 17.3. The molecule has 5 heteroatoms. The number of hydrogen-bond acceptors (Lipinski definition) is 4. The molecule has 2 saturated heterocycles. The van der Waals surface area contributed by atoms with Gasteiger partial charge in [0.15, 0.2) is 5.76 Å². The van der Waals surface area contributed by atoms with Crippen molar-refractivity contribution in [3.63, 3.8) is 0 Å². The predicted octanol–water partition coefficient (Wildman–Crippen LogP) is 2.54. The van der Waals surface area contributed by atoms with Gasteiger partial charge in [0.05, 0.1) is 12.9 Å². The Hall–Kier alpha value is -2.11. The number of fused-ring (bicyclic) bond motifs is 1. The number of nitrogens with zero attached hydrogens (tertiary/aromatic N) is 2. The van der Waals surface area contributed by atoms with Gasteiger partial charge in [0.2, 0.25) is 0 Å². The van der Waals surface area contributed by atoms with E-state index in [0.29, 0.717) is 18.2 Å². The normalized spacial score (nSPS) is 26.1. The number of likely N-dealkylation sites (tertiary alicyclic amines) is 2. The third-order valence-corrected chi connectivity index (χ3v) is 6.04. The molecule has 2 fully saturated rings. The second-order valence-electron chi connectivity index (χ2n) is 7.82. The smallest absolute Gasteiger partial charge is 0.289 e. The molecule has 0 aliphatic carbocycles. The maximum Gasteiger partial charge on any atom is 0.289 e. The van der Waals surface area contributed by atoms with Crippen molar-refractivity contribution < 1.29 is 14.3 Å². The topological polar surface area (TPSA) is 56.9 Å². The Kier molecular flexibility index (Phi) is 4.59. The molecule has 0 saturated carbocycles. The van der Waals surface area contributed by atoms with E-state index in [4.69, 9.17) is 4.42 Å². The summed E-state index contributed by atoms with van der Waals surface area (Å²) in [6.45, 7) is 6.03. The summed E-state index contributed by atoms with van der Waals surface area (Å²) >= 11 is 0. The van der Waals surface area contributed by atoms with Crippen molar-refractivity contribution in [2.75, 3.05) is 32.8 Å². The van der Waals surface area contributed by atoms with E-state index in [2.05, 4.69) is 29.2 Å². The fourth-order valence-corrected chi connectivity index (χ4v) is 4.59. The van der Waals surface area contributed by atoms with Gasteiger partial charge in [-0.15, -0.1) is 0 Å². The number of rotatable bonds is 4. The SMILES string of the molecule is Cc1ccoc1C(=O)N1CC[C@H]2CN(Cc3ccccc3)C[C@@]2(CO)C1. The molecule has 2 aliphatic heterocycles.